The molecular formula is C14H15ClN2O2S. The number of nitrogens with one attached hydrogen (secondary N) is 1. The van der Waals surface area contributed by atoms with Gasteiger partial charge in [0.1, 0.15) is 0 Å². The lowest BCUT2D eigenvalue weighted by atomic mass is 10.2. The molecule has 1 aromatic heterocycles. The van der Waals surface area contributed by atoms with Gasteiger partial charge in [-0.05, 0) is 24.6 Å². The van der Waals surface area contributed by atoms with Gasteiger partial charge in [0, 0.05) is 35.6 Å². The van der Waals surface area contributed by atoms with Crippen LogP contribution in [-0.4, -0.2) is 10.5 Å². The number of hydrogen-bond acceptors (Lipinski definition) is 3. The molecule has 2 rings (SSSR count). The second kappa shape index (κ2) is 6.72. The minimum atomic E-state index is -0.0810. The van der Waals surface area contributed by atoms with Crippen molar-refractivity contribution in [2.24, 2.45) is 0 Å². The van der Waals surface area contributed by atoms with E-state index in [1.807, 2.05) is 25.1 Å². The maximum atomic E-state index is 11.8. The van der Waals surface area contributed by atoms with Crippen molar-refractivity contribution in [1.29, 1.82) is 0 Å². The molecule has 0 saturated heterocycles. The van der Waals surface area contributed by atoms with Crippen LogP contribution in [-0.2, 0) is 17.9 Å². The van der Waals surface area contributed by atoms with Crippen LogP contribution in [0, 0.1) is 6.92 Å². The Morgan fingerprint density at radius 3 is 2.90 bits per heavy atom. The van der Waals surface area contributed by atoms with Crippen LogP contribution in [0.3, 0.4) is 0 Å². The van der Waals surface area contributed by atoms with Gasteiger partial charge in [-0.15, -0.1) is 0 Å². The highest BCUT2D eigenvalue weighted by Crippen LogP contribution is 2.10. The first-order chi connectivity index (χ1) is 9.56. The molecule has 106 valence electrons. The smallest absolute Gasteiger partial charge is 0.307 e. The summed E-state index contributed by atoms with van der Waals surface area (Å²) in [5.41, 5.74) is 1.84. The van der Waals surface area contributed by atoms with E-state index in [1.165, 1.54) is 0 Å². The summed E-state index contributed by atoms with van der Waals surface area (Å²) in [5.74, 6) is -0.0810. The number of carbonyl (C=O) groups is 1. The molecular weight excluding hydrogens is 296 g/mol. The van der Waals surface area contributed by atoms with E-state index in [1.54, 1.807) is 16.0 Å². The summed E-state index contributed by atoms with van der Waals surface area (Å²) in [7, 11) is 0. The Bertz CT molecular complexity index is 663. The van der Waals surface area contributed by atoms with Crippen molar-refractivity contribution in [2.45, 2.75) is 26.4 Å². The third-order valence-electron chi connectivity index (χ3n) is 2.92. The van der Waals surface area contributed by atoms with E-state index in [-0.39, 0.29) is 17.2 Å². The summed E-state index contributed by atoms with van der Waals surface area (Å²) < 4.78 is 1.61. The van der Waals surface area contributed by atoms with E-state index >= 15 is 0 Å². The molecule has 0 aliphatic heterocycles. The summed E-state index contributed by atoms with van der Waals surface area (Å²) in [6, 6.07) is 7.35. The van der Waals surface area contributed by atoms with Crippen molar-refractivity contribution < 1.29 is 4.79 Å². The Morgan fingerprint density at radius 2 is 2.25 bits per heavy atom. The van der Waals surface area contributed by atoms with E-state index in [4.69, 9.17) is 11.6 Å². The Hall–Kier alpha value is -1.59. The molecule has 2 aromatic rings. The molecule has 1 aromatic carbocycles. The molecule has 1 amide bonds. The lowest BCUT2D eigenvalue weighted by Gasteiger charge is -2.07. The molecule has 4 nitrogen and oxygen atoms in total. The van der Waals surface area contributed by atoms with Gasteiger partial charge in [0.05, 0.1) is 0 Å². The van der Waals surface area contributed by atoms with Crippen LogP contribution in [0.25, 0.3) is 0 Å². The molecule has 0 bridgehead atoms. The van der Waals surface area contributed by atoms with Gasteiger partial charge >= 0.3 is 4.87 Å². The number of halogens is 1. The molecule has 0 aliphatic carbocycles. The van der Waals surface area contributed by atoms with Gasteiger partial charge < -0.3 is 9.88 Å². The number of carbonyl (C=O) groups excluding carboxylic acids is 1. The summed E-state index contributed by atoms with van der Waals surface area (Å²) in [6.45, 7) is 2.72. The minimum Gasteiger partial charge on any atom is -0.352 e. The second-order valence-corrected chi connectivity index (χ2v) is 5.71. The minimum absolute atomic E-state index is 0.0230. The normalized spacial score (nSPS) is 10.5. The number of thiazole rings is 1. The Kier molecular flexibility index (Phi) is 4.98. The zero-order valence-electron chi connectivity index (χ0n) is 11.1. The fourth-order valence-electron chi connectivity index (χ4n) is 1.82. The van der Waals surface area contributed by atoms with E-state index in [9.17, 15) is 9.59 Å². The molecule has 1 heterocycles. The predicted octanol–water partition coefficient (Wildman–Crippen LogP) is 2.58. The monoisotopic (exact) mass is 310 g/mol. The van der Waals surface area contributed by atoms with Crippen molar-refractivity contribution in [2.75, 3.05) is 0 Å². The molecule has 0 fully saturated rings. The fraction of sp³-hybridized carbons (Fsp3) is 0.286. The van der Waals surface area contributed by atoms with Gasteiger partial charge in [0.2, 0.25) is 5.91 Å². The number of benzene rings is 1. The second-order valence-electron chi connectivity index (χ2n) is 4.45. The number of amides is 1. The van der Waals surface area contributed by atoms with Crippen LogP contribution >= 0.6 is 22.9 Å². The summed E-state index contributed by atoms with van der Waals surface area (Å²) in [4.78, 5) is 23.2. The van der Waals surface area contributed by atoms with Crippen LogP contribution in [0.1, 0.15) is 17.7 Å². The summed E-state index contributed by atoms with van der Waals surface area (Å²) >= 11 is 7.03. The lowest BCUT2D eigenvalue weighted by molar-refractivity contribution is -0.121. The van der Waals surface area contributed by atoms with E-state index in [0.29, 0.717) is 18.1 Å². The highest BCUT2D eigenvalue weighted by Gasteiger charge is 2.06. The number of rotatable bonds is 5. The predicted molar refractivity (Wildman–Crippen MR) is 81.2 cm³/mol. The first kappa shape index (κ1) is 14.8. The van der Waals surface area contributed by atoms with Crippen LogP contribution in [0.5, 0.6) is 0 Å². The van der Waals surface area contributed by atoms with Gasteiger partial charge in [-0.3, -0.25) is 9.59 Å². The third kappa shape index (κ3) is 3.95. The third-order valence-corrected chi connectivity index (χ3v) is 4.03. The molecule has 6 heteroatoms. The van der Waals surface area contributed by atoms with Gasteiger partial charge in [-0.25, -0.2) is 0 Å². The van der Waals surface area contributed by atoms with Gasteiger partial charge in [-0.1, -0.05) is 35.1 Å². The van der Waals surface area contributed by atoms with Gasteiger partial charge in [0.25, 0.3) is 0 Å². The molecule has 0 radical (unpaired) electrons. The maximum Gasteiger partial charge on any atom is 0.307 e. The zero-order valence-corrected chi connectivity index (χ0v) is 12.6. The Labute approximate surface area is 126 Å². The van der Waals surface area contributed by atoms with E-state index in [0.717, 1.165) is 22.6 Å². The molecule has 0 unspecified atom stereocenters. The Balaban J connectivity index is 1.83. The van der Waals surface area contributed by atoms with Crippen LogP contribution in [0.4, 0.5) is 0 Å². The van der Waals surface area contributed by atoms with Crippen molar-refractivity contribution in [3.05, 3.63) is 55.6 Å². The lowest BCUT2D eigenvalue weighted by Crippen LogP contribution is -2.25. The average Bonchev–Trinajstić information content (AvgIpc) is 2.74. The highest BCUT2D eigenvalue weighted by molar-refractivity contribution is 7.07. The first-order valence-corrected chi connectivity index (χ1v) is 7.48. The maximum absolute atomic E-state index is 11.8. The molecule has 20 heavy (non-hydrogen) atoms. The SMILES string of the molecule is Cc1csc(=O)n1CCC(=O)NCc1cccc(Cl)c1. The number of aromatic nitrogens is 1. The van der Waals surface area contributed by atoms with Crippen LogP contribution < -0.4 is 10.2 Å². The topological polar surface area (TPSA) is 51.1 Å². The van der Waals surface area contributed by atoms with Crippen molar-refractivity contribution >= 4 is 28.8 Å². The molecule has 0 aliphatic rings. The van der Waals surface area contributed by atoms with E-state index < -0.39 is 0 Å². The van der Waals surface area contributed by atoms with Gasteiger partial charge in [-0.2, -0.15) is 0 Å². The molecule has 0 saturated carbocycles. The van der Waals surface area contributed by atoms with Crippen LogP contribution in [0.2, 0.25) is 5.02 Å². The molecule has 0 spiro atoms. The van der Waals surface area contributed by atoms with Crippen molar-refractivity contribution in [1.82, 2.24) is 9.88 Å². The highest BCUT2D eigenvalue weighted by atomic mass is 35.5. The molecule has 1 N–H and O–H groups in total. The van der Waals surface area contributed by atoms with E-state index in [2.05, 4.69) is 5.32 Å². The van der Waals surface area contributed by atoms with Crippen molar-refractivity contribution in [3.8, 4) is 0 Å². The molecule has 0 atom stereocenters. The summed E-state index contributed by atoms with van der Waals surface area (Å²) in [6.07, 6.45) is 0.290. The number of hydrogen-bond donors (Lipinski definition) is 1. The largest absolute Gasteiger partial charge is 0.352 e. The zero-order chi connectivity index (χ0) is 14.5. The van der Waals surface area contributed by atoms with Crippen LogP contribution in [0.15, 0.2) is 34.4 Å². The Morgan fingerprint density at radius 1 is 1.45 bits per heavy atom. The summed E-state index contributed by atoms with van der Waals surface area (Å²) in [5, 5.41) is 5.27. The standard InChI is InChI=1S/C14H15ClN2O2S/c1-10-9-20-14(19)17(10)6-5-13(18)16-8-11-3-2-4-12(15)7-11/h2-4,7,9H,5-6,8H2,1H3,(H,16,18). The van der Waals surface area contributed by atoms with Crippen molar-refractivity contribution in [3.63, 3.8) is 0 Å². The average molecular weight is 311 g/mol. The number of nitrogens with zero attached hydrogens (tertiary/aromatic N) is 1. The fourth-order valence-corrected chi connectivity index (χ4v) is 2.80. The van der Waals surface area contributed by atoms with Gasteiger partial charge in [0.15, 0.2) is 0 Å². The first-order valence-electron chi connectivity index (χ1n) is 6.22. The quantitative estimate of drug-likeness (QED) is 0.923. The number of aryl methyl sites for hydroxylation is 1.